The summed E-state index contributed by atoms with van der Waals surface area (Å²) in [5, 5.41) is 17.4. The molecule has 0 fully saturated rings. The van der Waals surface area contributed by atoms with E-state index in [1.165, 1.54) is 0 Å². The van der Waals surface area contributed by atoms with Gasteiger partial charge in [-0.15, -0.1) is 0 Å². The summed E-state index contributed by atoms with van der Waals surface area (Å²) in [4.78, 5) is 11.2. The Kier molecular flexibility index (Phi) is 6.55. The zero-order chi connectivity index (χ0) is 20.0. The molecule has 0 unspecified atom stereocenters. The number of aliphatic hydroxyl groups excluding tert-OH is 1. The molecule has 1 aromatic heterocycles. The molecule has 2 aromatic carbocycles. The molecule has 0 saturated heterocycles. The van der Waals surface area contributed by atoms with Crippen LogP contribution >= 0.6 is 0 Å². The number of carboxylic acids is 1. The Morgan fingerprint density at radius 2 is 1.67 bits per heavy atom. The van der Waals surface area contributed by atoms with Crippen molar-refractivity contribution in [1.82, 2.24) is 4.57 Å². The summed E-state index contributed by atoms with van der Waals surface area (Å²) in [6.45, 7) is 5.60. The molecule has 3 aromatic rings. The summed E-state index contributed by atoms with van der Waals surface area (Å²) >= 11 is 0. The summed E-state index contributed by atoms with van der Waals surface area (Å²) in [5.41, 5.74) is 9.25. The molecule has 3 rings (SSSR count). The van der Waals surface area contributed by atoms with E-state index < -0.39 is 11.5 Å². The lowest BCUT2D eigenvalue weighted by Crippen LogP contribution is -2.35. The van der Waals surface area contributed by atoms with Crippen LogP contribution in [0.5, 0.6) is 0 Å². The Morgan fingerprint density at radius 3 is 2.22 bits per heavy atom. The van der Waals surface area contributed by atoms with Gasteiger partial charge in [-0.1, -0.05) is 36.4 Å². The minimum absolute atomic E-state index is 0.0486. The van der Waals surface area contributed by atoms with Gasteiger partial charge >= 0.3 is 5.97 Å². The van der Waals surface area contributed by atoms with Gasteiger partial charge in [-0.25, -0.2) is 4.79 Å². The van der Waals surface area contributed by atoms with Crippen LogP contribution in [-0.2, 0) is 0 Å². The van der Waals surface area contributed by atoms with Crippen LogP contribution in [0.4, 0.5) is 0 Å². The minimum Gasteiger partial charge on any atom is -0.478 e. The summed E-state index contributed by atoms with van der Waals surface area (Å²) in [6.07, 6.45) is 0. The van der Waals surface area contributed by atoms with E-state index in [1.807, 2.05) is 49.4 Å². The van der Waals surface area contributed by atoms with Crippen LogP contribution < -0.4 is 5.73 Å². The van der Waals surface area contributed by atoms with Crippen molar-refractivity contribution in [3.63, 3.8) is 0 Å². The van der Waals surface area contributed by atoms with E-state index in [2.05, 4.69) is 10.6 Å². The normalized spacial score (nSPS) is 10.9. The Labute approximate surface area is 159 Å². The van der Waals surface area contributed by atoms with E-state index in [0.717, 1.165) is 22.6 Å². The van der Waals surface area contributed by atoms with Crippen LogP contribution in [0.25, 0.3) is 16.9 Å². The molecular weight excluding hydrogens is 340 g/mol. The lowest BCUT2D eigenvalue weighted by Gasteiger charge is -2.12. The molecule has 0 atom stereocenters. The molecule has 0 bridgehead atoms. The molecule has 0 amide bonds. The van der Waals surface area contributed by atoms with Gasteiger partial charge in [0.15, 0.2) is 0 Å². The van der Waals surface area contributed by atoms with E-state index in [9.17, 15) is 4.79 Å². The molecule has 142 valence electrons. The lowest BCUT2D eigenvalue weighted by molar-refractivity contribution is 0.0697. The number of aromatic nitrogens is 1. The van der Waals surface area contributed by atoms with Gasteiger partial charge in [-0.2, -0.15) is 0 Å². The van der Waals surface area contributed by atoms with Crippen molar-refractivity contribution in [1.29, 1.82) is 0 Å². The van der Waals surface area contributed by atoms with Gasteiger partial charge in [0, 0.05) is 16.9 Å². The first kappa shape index (κ1) is 20.4. The smallest absolute Gasteiger partial charge is 0.335 e. The predicted octanol–water partition coefficient (Wildman–Crippen LogP) is 3.87. The zero-order valence-electron chi connectivity index (χ0n) is 15.9. The predicted molar refractivity (Wildman–Crippen MR) is 108 cm³/mol. The van der Waals surface area contributed by atoms with E-state index in [4.69, 9.17) is 15.9 Å². The molecule has 0 radical (unpaired) electrons. The second-order valence-corrected chi connectivity index (χ2v) is 7.06. The number of aryl methyl sites for hydroxylation is 1. The minimum atomic E-state index is -0.914. The molecule has 27 heavy (non-hydrogen) atoms. The standard InChI is InChI=1S/C18H15NO2.C4H11NO/c1-13-10-11-17(14-6-3-2-4-7-14)19(13)16-9-5-8-15(12-16)18(20)21;1-4(2,5)3-6/h2-12H,1H3,(H,20,21);6H,3,5H2,1-2H3. The quantitative estimate of drug-likeness (QED) is 0.654. The third kappa shape index (κ3) is 5.54. The van der Waals surface area contributed by atoms with Crippen LogP contribution in [0.3, 0.4) is 0 Å². The monoisotopic (exact) mass is 366 g/mol. The highest BCUT2D eigenvalue weighted by Crippen LogP contribution is 2.26. The number of nitrogens with zero attached hydrogens (tertiary/aromatic N) is 1. The second kappa shape index (κ2) is 8.66. The fourth-order valence-corrected chi connectivity index (χ4v) is 2.49. The van der Waals surface area contributed by atoms with Crippen LogP contribution in [0.15, 0.2) is 66.7 Å². The summed E-state index contributed by atoms with van der Waals surface area (Å²) in [7, 11) is 0. The Morgan fingerprint density at radius 1 is 1.04 bits per heavy atom. The topological polar surface area (TPSA) is 88.5 Å². The van der Waals surface area contributed by atoms with Gasteiger partial charge in [0.2, 0.25) is 0 Å². The SMILES string of the molecule is CC(C)(N)CO.Cc1ccc(-c2ccccc2)n1-c1cccc(C(=O)O)c1. The maximum absolute atomic E-state index is 11.2. The number of carbonyl (C=O) groups is 1. The first-order chi connectivity index (χ1) is 12.7. The fourth-order valence-electron chi connectivity index (χ4n) is 2.49. The van der Waals surface area contributed by atoms with Gasteiger partial charge in [0.05, 0.1) is 17.9 Å². The molecule has 5 heteroatoms. The number of aromatic carboxylic acids is 1. The summed E-state index contributed by atoms with van der Waals surface area (Å²) in [5.74, 6) is -0.914. The highest BCUT2D eigenvalue weighted by molar-refractivity contribution is 5.88. The summed E-state index contributed by atoms with van der Waals surface area (Å²) in [6, 6.07) is 21.2. The van der Waals surface area contributed by atoms with E-state index in [1.54, 1.807) is 32.0 Å². The molecule has 0 saturated carbocycles. The van der Waals surface area contributed by atoms with E-state index in [0.29, 0.717) is 5.56 Å². The lowest BCUT2D eigenvalue weighted by atomic mass is 10.1. The number of aliphatic hydroxyl groups is 1. The van der Waals surface area contributed by atoms with E-state index >= 15 is 0 Å². The molecule has 0 aliphatic carbocycles. The third-order valence-electron chi connectivity index (χ3n) is 3.90. The van der Waals surface area contributed by atoms with E-state index in [-0.39, 0.29) is 6.61 Å². The van der Waals surface area contributed by atoms with Gasteiger partial charge in [0.1, 0.15) is 0 Å². The number of hydrogen-bond acceptors (Lipinski definition) is 3. The number of rotatable bonds is 4. The van der Waals surface area contributed by atoms with Crippen LogP contribution in [-0.4, -0.2) is 32.9 Å². The Hall–Kier alpha value is -2.89. The zero-order valence-corrected chi connectivity index (χ0v) is 15.9. The van der Waals surface area contributed by atoms with Crippen LogP contribution in [0, 0.1) is 6.92 Å². The number of nitrogens with two attached hydrogens (primary N) is 1. The van der Waals surface area contributed by atoms with Crippen LogP contribution in [0.2, 0.25) is 0 Å². The maximum atomic E-state index is 11.2. The van der Waals surface area contributed by atoms with Crippen molar-refractivity contribution in [2.24, 2.45) is 5.73 Å². The van der Waals surface area contributed by atoms with Gasteiger partial charge in [-0.3, -0.25) is 0 Å². The Bertz CT molecular complexity index is 893. The number of benzene rings is 2. The molecule has 0 aliphatic rings. The number of hydrogen-bond donors (Lipinski definition) is 3. The van der Waals surface area contributed by atoms with Gasteiger partial charge in [0.25, 0.3) is 0 Å². The van der Waals surface area contributed by atoms with Crippen molar-refractivity contribution < 1.29 is 15.0 Å². The average molecular weight is 366 g/mol. The average Bonchev–Trinajstić information content (AvgIpc) is 3.04. The molecular formula is C22H26N2O3. The highest BCUT2D eigenvalue weighted by Gasteiger charge is 2.11. The Balaban J connectivity index is 0.000000380. The first-order valence-corrected chi connectivity index (χ1v) is 8.70. The third-order valence-corrected chi connectivity index (χ3v) is 3.90. The highest BCUT2D eigenvalue weighted by atomic mass is 16.4. The number of carboxylic acid groups (broad SMARTS) is 1. The van der Waals surface area contributed by atoms with Crippen molar-refractivity contribution in [3.05, 3.63) is 78.0 Å². The second-order valence-electron chi connectivity index (χ2n) is 7.06. The first-order valence-electron chi connectivity index (χ1n) is 8.70. The van der Waals surface area contributed by atoms with Crippen molar-refractivity contribution in [3.8, 4) is 16.9 Å². The van der Waals surface area contributed by atoms with Crippen molar-refractivity contribution in [2.75, 3.05) is 6.61 Å². The largest absolute Gasteiger partial charge is 0.478 e. The van der Waals surface area contributed by atoms with Crippen LogP contribution in [0.1, 0.15) is 29.9 Å². The molecule has 0 spiro atoms. The van der Waals surface area contributed by atoms with Gasteiger partial charge in [-0.05, 0) is 56.7 Å². The molecule has 5 nitrogen and oxygen atoms in total. The summed E-state index contributed by atoms with van der Waals surface area (Å²) < 4.78 is 2.07. The van der Waals surface area contributed by atoms with Crippen molar-refractivity contribution in [2.45, 2.75) is 26.3 Å². The maximum Gasteiger partial charge on any atom is 0.335 e. The fraction of sp³-hybridized carbons (Fsp3) is 0.227. The van der Waals surface area contributed by atoms with Gasteiger partial charge < -0.3 is 20.5 Å². The molecule has 1 heterocycles. The molecule has 4 N–H and O–H groups in total. The molecule has 0 aliphatic heterocycles. The van der Waals surface area contributed by atoms with Crippen molar-refractivity contribution >= 4 is 5.97 Å².